The first-order valence-corrected chi connectivity index (χ1v) is 10.0. The van der Waals surface area contributed by atoms with Crippen molar-refractivity contribution < 1.29 is 14.3 Å². The number of ether oxygens (including phenoxy) is 1. The van der Waals surface area contributed by atoms with E-state index in [1.165, 1.54) is 0 Å². The van der Waals surface area contributed by atoms with Crippen molar-refractivity contribution in [1.29, 1.82) is 0 Å². The fourth-order valence-corrected chi connectivity index (χ4v) is 3.02. The number of hydrogen-bond donors (Lipinski definition) is 2. The van der Waals surface area contributed by atoms with Crippen molar-refractivity contribution in [3.8, 4) is 0 Å². The minimum absolute atomic E-state index is 0.174. The van der Waals surface area contributed by atoms with Gasteiger partial charge in [-0.15, -0.1) is 0 Å². The first-order valence-electron chi connectivity index (χ1n) is 10.0. The lowest BCUT2D eigenvalue weighted by atomic mass is 10.1. The van der Waals surface area contributed by atoms with E-state index in [-0.39, 0.29) is 18.0 Å². The lowest BCUT2D eigenvalue weighted by molar-refractivity contribution is 0.0635. The van der Waals surface area contributed by atoms with Crippen LogP contribution in [0.15, 0.2) is 53.3 Å². The smallest absolute Gasteiger partial charge is 0.412 e. The van der Waals surface area contributed by atoms with Gasteiger partial charge in [-0.2, -0.15) is 0 Å². The van der Waals surface area contributed by atoms with Gasteiger partial charge in [-0.3, -0.25) is 14.9 Å². The molecule has 162 valence electrons. The highest BCUT2D eigenvalue weighted by Crippen LogP contribution is 2.15. The van der Waals surface area contributed by atoms with E-state index in [9.17, 15) is 14.4 Å². The molecule has 2 aromatic carbocycles. The number of carbonyl (C=O) groups excluding carboxylic acids is 2. The predicted molar refractivity (Wildman–Crippen MR) is 119 cm³/mol. The predicted octanol–water partition coefficient (Wildman–Crippen LogP) is 3.93. The maximum absolute atomic E-state index is 12.9. The van der Waals surface area contributed by atoms with Crippen LogP contribution in [0.4, 0.5) is 10.5 Å². The van der Waals surface area contributed by atoms with E-state index in [1.54, 1.807) is 68.1 Å². The first kappa shape index (κ1) is 22.0. The second-order valence-electron chi connectivity index (χ2n) is 8.05. The standard InChI is InChI=1S/C23H26N4O4/c1-5-27(14-19-25-18-9-7-6-8-17(18)20(28)26-19)21(29)15-10-12-16(13-11-15)24-22(30)31-23(2,3)4/h6-13H,5,14H2,1-4H3,(H,24,30)(H,25,26,28). The molecule has 0 aliphatic carbocycles. The average Bonchev–Trinajstić information content (AvgIpc) is 2.71. The van der Waals surface area contributed by atoms with Gasteiger partial charge in [0.05, 0.1) is 17.4 Å². The quantitative estimate of drug-likeness (QED) is 0.648. The van der Waals surface area contributed by atoms with Gasteiger partial charge < -0.3 is 14.6 Å². The number of rotatable bonds is 5. The molecule has 3 rings (SSSR count). The molecule has 0 aliphatic heterocycles. The molecule has 1 aromatic heterocycles. The van der Waals surface area contributed by atoms with E-state index >= 15 is 0 Å². The number of para-hydroxylation sites is 1. The lowest BCUT2D eigenvalue weighted by Crippen LogP contribution is -2.32. The van der Waals surface area contributed by atoms with Gasteiger partial charge in [0.25, 0.3) is 11.5 Å². The van der Waals surface area contributed by atoms with E-state index in [0.717, 1.165) is 0 Å². The second kappa shape index (κ2) is 8.99. The van der Waals surface area contributed by atoms with Crippen molar-refractivity contribution in [2.45, 2.75) is 39.8 Å². The minimum Gasteiger partial charge on any atom is -0.444 e. The summed E-state index contributed by atoms with van der Waals surface area (Å²) in [5.74, 6) is 0.212. The van der Waals surface area contributed by atoms with Gasteiger partial charge >= 0.3 is 6.09 Å². The Labute approximate surface area is 180 Å². The molecule has 2 amide bonds. The Balaban J connectivity index is 1.72. The van der Waals surface area contributed by atoms with Gasteiger partial charge in [-0.05, 0) is 64.1 Å². The highest BCUT2D eigenvalue weighted by molar-refractivity contribution is 5.95. The van der Waals surface area contributed by atoms with Crippen LogP contribution in [0.1, 0.15) is 43.9 Å². The highest BCUT2D eigenvalue weighted by atomic mass is 16.6. The largest absolute Gasteiger partial charge is 0.444 e. The molecule has 8 heteroatoms. The zero-order chi connectivity index (χ0) is 22.6. The molecule has 8 nitrogen and oxygen atoms in total. The Bertz CT molecular complexity index is 1150. The van der Waals surface area contributed by atoms with Crippen LogP contribution >= 0.6 is 0 Å². The van der Waals surface area contributed by atoms with Gasteiger partial charge in [0.15, 0.2) is 0 Å². The number of anilines is 1. The van der Waals surface area contributed by atoms with Gasteiger partial charge in [0.2, 0.25) is 0 Å². The molecule has 0 spiro atoms. The SMILES string of the molecule is CCN(Cc1nc2ccccc2c(=O)[nH]1)C(=O)c1ccc(NC(=O)OC(C)(C)C)cc1. The fraction of sp³-hybridized carbons (Fsp3) is 0.304. The van der Waals surface area contributed by atoms with E-state index in [2.05, 4.69) is 15.3 Å². The molecule has 0 saturated carbocycles. The third-order valence-electron chi connectivity index (χ3n) is 4.45. The summed E-state index contributed by atoms with van der Waals surface area (Å²) in [4.78, 5) is 45.9. The molecule has 0 aliphatic rings. The van der Waals surface area contributed by atoms with Gasteiger partial charge in [-0.1, -0.05) is 12.1 Å². The van der Waals surface area contributed by atoms with E-state index < -0.39 is 11.7 Å². The molecule has 0 unspecified atom stereocenters. The fourth-order valence-electron chi connectivity index (χ4n) is 3.02. The zero-order valence-corrected chi connectivity index (χ0v) is 18.1. The summed E-state index contributed by atoms with van der Waals surface area (Å²) in [6, 6.07) is 13.6. The molecule has 0 saturated heterocycles. The maximum atomic E-state index is 12.9. The first-order chi connectivity index (χ1) is 14.7. The third-order valence-corrected chi connectivity index (χ3v) is 4.45. The van der Waals surface area contributed by atoms with Crippen molar-refractivity contribution in [1.82, 2.24) is 14.9 Å². The van der Waals surface area contributed by atoms with Crippen molar-refractivity contribution in [3.05, 3.63) is 70.3 Å². The second-order valence-corrected chi connectivity index (χ2v) is 8.05. The third kappa shape index (κ3) is 5.69. The van der Waals surface area contributed by atoms with E-state index in [4.69, 9.17) is 4.74 Å². The number of aromatic amines is 1. The summed E-state index contributed by atoms with van der Waals surface area (Å²) in [5.41, 5.74) is 0.734. The summed E-state index contributed by atoms with van der Waals surface area (Å²) in [6.07, 6.45) is -0.562. The Hall–Kier alpha value is -3.68. The lowest BCUT2D eigenvalue weighted by Gasteiger charge is -2.21. The molecule has 0 fully saturated rings. The average molecular weight is 422 g/mol. The number of fused-ring (bicyclic) bond motifs is 1. The maximum Gasteiger partial charge on any atom is 0.412 e. The molecule has 0 bridgehead atoms. The molecule has 1 heterocycles. The van der Waals surface area contributed by atoms with Crippen LogP contribution in [0.2, 0.25) is 0 Å². The van der Waals surface area contributed by atoms with Crippen molar-refractivity contribution in [2.75, 3.05) is 11.9 Å². The Morgan fingerprint density at radius 1 is 1.10 bits per heavy atom. The summed E-state index contributed by atoms with van der Waals surface area (Å²) >= 11 is 0. The molecule has 2 N–H and O–H groups in total. The molecule has 0 atom stereocenters. The Morgan fingerprint density at radius 2 is 1.77 bits per heavy atom. The van der Waals surface area contributed by atoms with Crippen LogP contribution in [-0.2, 0) is 11.3 Å². The number of H-pyrrole nitrogens is 1. The molecular formula is C23H26N4O4. The summed E-state index contributed by atoms with van der Waals surface area (Å²) < 4.78 is 5.22. The number of aromatic nitrogens is 2. The molecule has 3 aromatic rings. The van der Waals surface area contributed by atoms with E-state index in [0.29, 0.717) is 34.5 Å². The molecule has 31 heavy (non-hydrogen) atoms. The Kier molecular flexibility index (Phi) is 6.39. The summed E-state index contributed by atoms with van der Waals surface area (Å²) in [7, 11) is 0. The van der Waals surface area contributed by atoms with Gasteiger partial charge in [0, 0.05) is 17.8 Å². The normalized spacial score (nSPS) is 11.2. The van der Waals surface area contributed by atoms with Crippen LogP contribution in [0.5, 0.6) is 0 Å². The number of nitrogens with zero attached hydrogens (tertiary/aromatic N) is 2. The van der Waals surface area contributed by atoms with Gasteiger partial charge in [-0.25, -0.2) is 9.78 Å². The number of amides is 2. The monoisotopic (exact) mass is 422 g/mol. The highest BCUT2D eigenvalue weighted by Gasteiger charge is 2.18. The number of nitrogens with one attached hydrogen (secondary N) is 2. The molecule has 0 radical (unpaired) electrons. The Morgan fingerprint density at radius 3 is 2.42 bits per heavy atom. The van der Waals surface area contributed by atoms with Crippen molar-refractivity contribution >= 4 is 28.6 Å². The minimum atomic E-state index is -0.598. The summed E-state index contributed by atoms with van der Waals surface area (Å²) in [6.45, 7) is 7.82. The van der Waals surface area contributed by atoms with E-state index in [1.807, 2.05) is 13.0 Å². The number of carbonyl (C=O) groups is 2. The van der Waals surface area contributed by atoms with Gasteiger partial charge in [0.1, 0.15) is 11.4 Å². The number of benzene rings is 2. The van der Waals surface area contributed by atoms with Crippen LogP contribution in [-0.4, -0.2) is 39.0 Å². The van der Waals surface area contributed by atoms with Crippen LogP contribution in [0.3, 0.4) is 0 Å². The van der Waals surface area contributed by atoms with Crippen LogP contribution in [0.25, 0.3) is 10.9 Å². The van der Waals surface area contributed by atoms with Crippen LogP contribution < -0.4 is 10.9 Å². The summed E-state index contributed by atoms with van der Waals surface area (Å²) in [5, 5.41) is 3.14. The topological polar surface area (TPSA) is 104 Å². The van der Waals surface area contributed by atoms with Crippen molar-refractivity contribution in [2.24, 2.45) is 0 Å². The van der Waals surface area contributed by atoms with Crippen molar-refractivity contribution in [3.63, 3.8) is 0 Å². The number of hydrogen-bond acceptors (Lipinski definition) is 5. The van der Waals surface area contributed by atoms with Crippen LogP contribution in [0, 0.1) is 0 Å². The molecular weight excluding hydrogens is 396 g/mol. The zero-order valence-electron chi connectivity index (χ0n) is 18.1.